The van der Waals surface area contributed by atoms with E-state index in [0.29, 0.717) is 6.04 Å². The van der Waals surface area contributed by atoms with Crippen LogP contribution < -0.4 is 4.90 Å². The van der Waals surface area contributed by atoms with Gasteiger partial charge in [0, 0.05) is 37.7 Å². The largest absolute Gasteiger partial charge is 0.381 e. The monoisotopic (exact) mass is 303 g/mol. The fraction of sp³-hybridized carbons (Fsp3) is 0.471. The van der Waals surface area contributed by atoms with E-state index in [1.807, 2.05) is 23.0 Å². The molecule has 5 heteroatoms. The van der Waals surface area contributed by atoms with Gasteiger partial charge >= 0.3 is 0 Å². The van der Waals surface area contributed by atoms with Crippen LogP contribution in [0.15, 0.2) is 36.7 Å². The highest BCUT2D eigenvalue weighted by molar-refractivity contribution is 5.63. The van der Waals surface area contributed by atoms with Gasteiger partial charge in [0.25, 0.3) is 0 Å². The summed E-state index contributed by atoms with van der Waals surface area (Å²) < 4.78 is 20.7. The summed E-state index contributed by atoms with van der Waals surface area (Å²) in [6.07, 6.45) is 6.96. The summed E-state index contributed by atoms with van der Waals surface area (Å²) in [5.41, 5.74) is 2.07. The Morgan fingerprint density at radius 2 is 1.95 bits per heavy atom. The average Bonchev–Trinajstić information content (AvgIpc) is 2.99. The number of aromatic nitrogens is 2. The maximum atomic E-state index is 13.2. The summed E-state index contributed by atoms with van der Waals surface area (Å²) in [5, 5.41) is 4.43. The highest BCUT2D eigenvalue weighted by atomic mass is 19.1. The second-order valence-corrected chi connectivity index (χ2v) is 5.65. The smallest absolute Gasteiger partial charge is 0.123 e. The van der Waals surface area contributed by atoms with E-state index in [0.717, 1.165) is 50.4 Å². The molecule has 0 atom stereocenters. The molecule has 1 aliphatic heterocycles. The lowest BCUT2D eigenvalue weighted by Gasteiger charge is -2.35. The Hall–Kier alpha value is -1.88. The van der Waals surface area contributed by atoms with Crippen LogP contribution in [0.5, 0.6) is 0 Å². The predicted molar refractivity (Wildman–Crippen MR) is 84.9 cm³/mol. The van der Waals surface area contributed by atoms with Crippen LogP contribution >= 0.6 is 0 Å². The third kappa shape index (κ3) is 3.30. The van der Waals surface area contributed by atoms with Crippen LogP contribution in [0.25, 0.3) is 0 Å². The Morgan fingerprint density at radius 1 is 1.23 bits per heavy atom. The minimum atomic E-state index is -0.211. The van der Waals surface area contributed by atoms with E-state index in [-0.39, 0.29) is 5.82 Å². The molecule has 118 valence electrons. The topological polar surface area (TPSA) is 30.3 Å². The Balaban J connectivity index is 1.92. The van der Waals surface area contributed by atoms with Crippen molar-refractivity contribution in [3.8, 4) is 0 Å². The minimum Gasteiger partial charge on any atom is -0.381 e. The lowest BCUT2D eigenvalue weighted by Crippen LogP contribution is -2.36. The molecule has 0 unspecified atom stereocenters. The van der Waals surface area contributed by atoms with Crippen molar-refractivity contribution in [1.29, 1.82) is 0 Å². The standard InChI is InChI=1S/C17H22FN3O/c1-2-9-20-13-17(12-19-20)21(16-7-10-22-11-8-16)15-5-3-14(18)4-6-15/h3-6,12-13,16H,2,7-11H2,1H3. The number of ether oxygens (including phenoxy) is 1. The fourth-order valence-corrected chi connectivity index (χ4v) is 2.94. The van der Waals surface area contributed by atoms with E-state index in [1.54, 1.807) is 0 Å². The number of anilines is 2. The quantitative estimate of drug-likeness (QED) is 0.842. The van der Waals surface area contributed by atoms with Crippen molar-refractivity contribution >= 4 is 11.4 Å². The Morgan fingerprint density at radius 3 is 2.64 bits per heavy atom. The van der Waals surface area contributed by atoms with Gasteiger partial charge in [-0.05, 0) is 43.5 Å². The third-order valence-corrected chi connectivity index (χ3v) is 4.01. The summed E-state index contributed by atoms with van der Waals surface area (Å²) in [4.78, 5) is 2.26. The molecule has 0 radical (unpaired) electrons. The van der Waals surface area contributed by atoms with E-state index < -0.39 is 0 Å². The molecule has 0 bridgehead atoms. The molecule has 4 nitrogen and oxygen atoms in total. The molecular formula is C17H22FN3O. The molecular weight excluding hydrogens is 281 g/mol. The van der Waals surface area contributed by atoms with Crippen molar-refractivity contribution in [1.82, 2.24) is 9.78 Å². The SMILES string of the molecule is CCCn1cc(N(c2ccc(F)cc2)C2CCOCC2)cn1. The van der Waals surface area contributed by atoms with Gasteiger partial charge in [0.1, 0.15) is 5.82 Å². The molecule has 1 aromatic carbocycles. The van der Waals surface area contributed by atoms with Gasteiger partial charge in [0.2, 0.25) is 0 Å². The molecule has 3 rings (SSSR count). The fourth-order valence-electron chi connectivity index (χ4n) is 2.94. The molecule has 1 aliphatic rings. The number of rotatable bonds is 5. The lowest BCUT2D eigenvalue weighted by molar-refractivity contribution is 0.0865. The van der Waals surface area contributed by atoms with Crippen molar-refractivity contribution in [2.45, 2.75) is 38.8 Å². The summed E-state index contributed by atoms with van der Waals surface area (Å²) in [5.74, 6) is -0.211. The molecule has 22 heavy (non-hydrogen) atoms. The number of benzene rings is 1. The number of halogens is 1. The molecule has 2 aromatic rings. The van der Waals surface area contributed by atoms with Gasteiger partial charge in [-0.3, -0.25) is 4.68 Å². The van der Waals surface area contributed by atoms with E-state index in [9.17, 15) is 4.39 Å². The molecule has 1 saturated heterocycles. The van der Waals surface area contributed by atoms with Crippen molar-refractivity contribution in [2.75, 3.05) is 18.1 Å². The predicted octanol–water partition coefficient (Wildman–Crippen LogP) is 3.75. The molecule has 0 saturated carbocycles. The minimum absolute atomic E-state index is 0.211. The highest BCUT2D eigenvalue weighted by Gasteiger charge is 2.24. The van der Waals surface area contributed by atoms with Crippen molar-refractivity contribution in [3.63, 3.8) is 0 Å². The van der Waals surface area contributed by atoms with Crippen molar-refractivity contribution in [3.05, 3.63) is 42.5 Å². The van der Waals surface area contributed by atoms with E-state index in [4.69, 9.17) is 4.74 Å². The van der Waals surface area contributed by atoms with E-state index >= 15 is 0 Å². The molecule has 0 spiro atoms. The molecule has 0 aliphatic carbocycles. The summed E-state index contributed by atoms with van der Waals surface area (Å²) >= 11 is 0. The number of nitrogens with zero attached hydrogens (tertiary/aromatic N) is 3. The van der Waals surface area contributed by atoms with E-state index in [1.165, 1.54) is 12.1 Å². The summed E-state index contributed by atoms with van der Waals surface area (Å²) in [6.45, 7) is 4.58. The molecule has 1 aromatic heterocycles. The normalized spacial score (nSPS) is 15.9. The van der Waals surface area contributed by atoms with Crippen LogP contribution in [0.2, 0.25) is 0 Å². The van der Waals surface area contributed by atoms with Crippen LogP contribution in [0.3, 0.4) is 0 Å². The van der Waals surface area contributed by atoms with Crippen LogP contribution in [-0.2, 0) is 11.3 Å². The van der Waals surface area contributed by atoms with Gasteiger partial charge in [-0.2, -0.15) is 5.10 Å². The zero-order valence-electron chi connectivity index (χ0n) is 12.9. The lowest BCUT2D eigenvalue weighted by atomic mass is 10.1. The zero-order chi connectivity index (χ0) is 15.4. The zero-order valence-corrected chi connectivity index (χ0v) is 12.9. The molecule has 2 heterocycles. The van der Waals surface area contributed by atoms with Gasteiger partial charge in [-0.1, -0.05) is 6.92 Å². The van der Waals surface area contributed by atoms with Crippen molar-refractivity contribution in [2.24, 2.45) is 0 Å². The summed E-state index contributed by atoms with van der Waals surface area (Å²) in [7, 11) is 0. The maximum Gasteiger partial charge on any atom is 0.123 e. The van der Waals surface area contributed by atoms with Crippen LogP contribution in [0.4, 0.5) is 15.8 Å². The number of hydrogen-bond acceptors (Lipinski definition) is 3. The second-order valence-electron chi connectivity index (χ2n) is 5.65. The first-order chi connectivity index (χ1) is 10.8. The van der Waals surface area contributed by atoms with Gasteiger partial charge in [-0.15, -0.1) is 0 Å². The molecule has 0 amide bonds. The molecule has 0 N–H and O–H groups in total. The Bertz CT molecular complexity index is 590. The van der Waals surface area contributed by atoms with Gasteiger partial charge in [0.15, 0.2) is 0 Å². The van der Waals surface area contributed by atoms with Gasteiger partial charge < -0.3 is 9.64 Å². The first kappa shape index (κ1) is 15.0. The third-order valence-electron chi connectivity index (χ3n) is 4.01. The Kier molecular flexibility index (Phi) is 4.73. The number of aryl methyl sites for hydroxylation is 1. The summed E-state index contributed by atoms with van der Waals surface area (Å²) in [6, 6.07) is 7.05. The first-order valence-electron chi connectivity index (χ1n) is 7.93. The van der Waals surface area contributed by atoms with E-state index in [2.05, 4.69) is 23.1 Å². The molecule has 1 fully saturated rings. The van der Waals surface area contributed by atoms with Gasteiger partial charge in [-0.25, -0.2) is 4.39 Å². The first-order valence-corrected chi connectivity index (χ1v) is 7.93. The highest BCUT2D eigenvalue weighted by Crippen LogP contribution is 2.31. The number of hydrogen-bond donors (Lipinski definition) is 0. The average molecular weight is 303 g/mol. The van der Waals surface area contributed by atoms with Crippen LogP contribution in [-0.4, -0.2) is 29.0 Å². The van der Waals surface area contributed by atoms with Crippen molar-refractivity contribution < 1.29 is 9.13 Å². The van der Waals surface area contributed by atoms with Crippen LogP contribution in [0, 0.1) is 5.82 Å². The maximum absolute atomic E-state index is 13.2. The van der Waals surface area contributed by atoms with Gasteiger partial charge in [0.05, 0.1) is 11.9 Å². The second kappa shape index (κ2) is 6.92. The Labute approximate surface area is 130 Å². The van der Waals surface area contributed by atoms with Crippen LogP contribution in [0.1, 0.15) is 26.2 Å².